The van der Waals surface area contributed by atoms with Gasteiger partial charge in [-0.1, -0.05) is 41.9 Å². The summed E-state index contributed by atoms with van der Waals surface area (Å²) in [6, 6.07) is 9.84. The van der Waals surface area contributed by atoms with Crippen molar-refractivity contribution >= 4 is 7.12 Å². The summed E-state index contributed by atoms with van der Waals surface area (Å²) in [5.74, 6) is 1.35. The van der Waals surface area contributed by atoms with E-state index in [9.17, 15) is 0 Å². The smallest absolute Gasteiger partial charge is 0.424 e. The van der Waals surface area contributed by atoms with Gasteiger partial charge in [0.25, 0.3) is 0 Å². The Morgan fingerprint density at radius 2 is 2.00 bits per heavy atom. The molecule has 0 bridgehead atoms. The van der Waals surface area contributed by atoms with Crippen LogP contribution >= 0.6 is 0 Å². The predicted octanol–water partition coefficient (Wildman–Crippen LogP) is 1.16. The van der Waals surface area contributed by atoms with E-state index in [1.807, 2.05) is 30.3 Å². The van der Waals surface area contributed by atoms with Crippen molar-refractivity contribution in [1.82, 2.24) is 0 Å². The van der Waals surface area contributed by atoms with Crippen molar-refractivity contribution in [3.63, 3.8) is 0 Å². The Bertz CT molecular complexity index is 309. The number of hydrogen-bond acceptors (Lipinski definition) is 3. The van der Waals surface area contributed by atoms with Crippen LogP contribution in [0.4, 0.5) is 0 Å². The van der Waals surface area contributed by atoms with Crippen LogP contribution in [0.5, 0.6) is 0 Å². The van der Waals surface area contributed by atoms with Gasteiger partial charge in [-0.3, -0.25) is 0 Å². The number of ether oxygens (including phenoxy) is 1. The molecule has 3 nitrogen and oxygen atoms in total. The third kappa shape index (κ3) is 5.37. The number of rotatable bonds is 5. The standard InChI is InChI=1S/C11H15BO3/c1-10(7-12(13)14)8-15-9-11-5-3-2-4-6-11/h2-7,13-14H,8-9H2,1H3/b10-7+. The molecule has 0 aliphatic rings. The number of hydrogen-bond donors (Lipinski definition) is 2. The second-order valence-electron chi connectivity index (χ2n) is 3.41. The van der Waals surface area contributed by atoms with Crippen LogP contribution in [0.15, 0.2) is 41.9 Å². The van der Waals surface area contributed by atoms with Crippen LogP contribution in [0.3, 0.4) is 0 Å². The van der Waals surface area contributed by atoms with E-state index < -0.39 is 7.12 Å². The Morgan fingerprint density at radius 1 is 1.33 bits per heavy atom. The highest BCUT2D eigenvalue weighted by Crippen LogP contribution is 2.02. The fourth-order valence-electron chi connectivity index (χ4n) is 1.21. The van der Waals surface area contributed by atoms with Gasteiger partial charge in [-0.2, -0.15) is 0 Å². The van der Waals surface area contributed by atoms with Crippen LogP contribution in [-0.2, 0) is 11.3 Å². The van der Waals surface area contributed by atoms with Gasteiger partial charge in [0.1, 0.15) is 0 Å². The van der Waals surface area contributed by atoms with Gasteiger partial charge in [-0.25, -0.2) is 0 Å². The molecule has 1 rings (SSSR count). The van der Waals surface area contributed by atoms with Crippen LogP contribution < -0.4 is 0 Å². The van der Waals surface area contributed by atoms with Crippen molar-refractivity contribution < 1.29 is 14.8 Å². The van der Waals surface area contributed by atoms with Crippen LogP contribution in [0.1, 0.15) is 12.5 Å². The molecule has 0 aliphatic carbocycles. The van der Waals surface area contributed by atoms with E-state index in [4.69, 9.17) is 14.8 Å². The second-order valence-corrected chi connectivity index (χ2v) is 3.41. The Kier molecular flexibility index (Phi) is 5.11. The Morgan fingerprint density at radius 3 is 2.60 bits per heavy atom. The molecule has 0 aliphatic heterocycles. The first-order valence-corrected chi connectivity index (χ1v) is 4.83. The van der Waals surface area contributed by atoms with Crippen LogP contribution in [0.25, 0.3) is 0 Å². The average Bonchev–Trinajstić information content (AvgIpc) is 2.18. The van der Waals surface area contributed by atoms with Gasteiger partial charge in [-0.15, -0.1) is 0 Å². The van der Waals surface area contributed by atoms with Crippen molar-refractivity contribution in [3.8, 4) is 0 Å². The van der Waals surface area contributed by atoms with Crippen molar-refractivity contribution in [2.24, 2.45) is 0 Å². The fourth-order valence-corrected chi connectivity index (χ4v) is 1.21. The molecule has 0 radical (unpaired) electrons. The summed E-state index contributed by atoms with van der Waals surface area (Å²) < 4.78 is 5.39. The molecule has 0 heterocycles. The minimum Gasteiger partial charge on any atom is -0.424 e. The van der Waals surface area contributed by atoms with Gasteiger partial charge in [0.2, 0.25) is 0 Å². The van der Waals surface area contributed by atoms with Crippen molar-refractivity contribution in [2.45, 2.75) is 13.5 Å². The van der Waals surface area contributed by atoms with Gasteiger partial charge in [0.15, 0.2) is 0 Å². The Balaban J connectivity index is 2.28. The molecule has 0 spiro atoms. The van der Waals surface area contributed by atoms with E-state index in [1.54, 1.807) is 6.92 Å². The van der Waals surface area contributed by atoms with E-state index in [0.717, 1.165) is 11.1 Å². The predicted molar refractivity (Wildman–Crippen MR) is 60.0 cm³/mol. The molecule has 0 amide bonds. The molecular weight excluding hydrogens is 191 g/mol. The molecule has 0 saturated carbocycles. The maximum absolute atomic E-state index is 8.66. The quantitative estimate of drug-likeness (QED) is 0.710. The molecule has 80 valence electrons. The first kappa shape index (κ1) is 12.0. The zero-order chi connectivity index (χ0) is 11.1. The SMILES string of the molecule is C/C(=C\B(O)O)COCc1ccccc1. The third-order valence-electron chi connectivity index (χ3n) is 1.87. The summed E-state index contributed by atoms with van der Waals surface area (Å²) in [5, 5.41) is 17.3. The lowest BCUT2D eigenvalue weighted by molar-refractivity contribution is 0.142. The monoisotopic (exact) mass is 206 g/mol. The minimum absolute atomic E-state index is 0.409. The zero-order valence-electron chi connectivity index (χ0n) is 8.76. The van der Waals surface area contributed by atoms with Crippen molar-refractivity contribution in [1.29, 1.82) is 0 Å². The van der Waals surface area contributed by atoms with Crippen LogP contribution in [0, 0.1) is 0 Å². The van der Waals surface area contributed by atoms with Gasteiger partial charge < -0.3 is 14.8 Å². The maximum Gasteiger partial charge on any atom is 0.480 e. The first-order chi connectivity index (χ1) is 7.18. The highest BCUT2D eigenvalue weighted by Gasteiger charge is 2.01. The highest BCUT2D eigenvalue weighted by molar-refractivity contribution is 6.47. The molecule has 15 heavy (non-hydrogen) atoms. The lowest BCUT2D eigenvalue weighted by Gasteiger charge is -2.04. The topological polar surface area (TPSA) is 49.7 Å². The largest absolute Gasteiger partial charge is 0.480 e. The van der Waals surface area contributed by atoms with Crippen LogP contribution in [-0.4, -0.2) is 23.8 Å². The molecule has 1 aromatic rings. The van der Waals surface area contributed by atoms with E-state index in [1.165, 1.54) is 5.98 Å². The lowest BCUT2D eigenvalue weighted by Crippen LogP contribution is -2.09. The lowest BCUT2D eigenvalue weighted by atomic mass is 9.89. The molecule has 0 atom stereocenters. The molecule has 2 N–H and O–H groups in total. The average molecular weight is 206 g/mol. The number of benzene rings is 1. The molecular formula is C11H15BO3. The van der Waals surface area contributed by atoms with E-state index >= 15 is 0 Å². The van der Waals surface area contributed by atoms with Crippen LogP contribution in [0.2, 0.25) is 0 Å². The van der Waals surface area contributed by atoms with E-state index in [-0.39, 0.29) is 0 Å². The summed E-state index contributed by atoms with van der Waals surface area (Å²) in [7, 11) is -1.40. The zero-order valence-corrected chi connectivity index (χ0v) is 8.76. The van der Waals surface area contributed by atoms with E-state index in [2.05, 4.69) is 0 Å². The van der Waals surface area contributed by atoms with Gasteiger partial charge >= 0.3 is 7.12 Å². The van der Waals surface area contributed by atoms with E-state index in [0.29, 0.717) is 13.2 Å². The summed E-state index contributed by atoms with van der Waals surface area (Å²) in [6.07, 6.45) is 0. The molecule has 0 unspecified atom stereocenters. The second kappa shape index (κ2) is 6.40. The van der Waals surface area contributed by atoms with Gasteiger partial charge in [0.05, 0.1) is 13.2 Å². The third-order valence-corrected chi connectivity index (χ3v) is 1.87. The normalized spacial score (nSPS) is 11.5. The molecule has 1 aromatic carbocycles. The van der Waals surface area contributed by atoms with Gasteiger partial charge in [0, 0.05) is 0 Å². The molecule has 0 fully saturated rings. The maximum atomic E-state index is 8.66. The summed E-state index contributed by atoms with van der Waals surface area (Å²) in [6.45, 7) is 2.74. The highest BCUT2D eigenvalue weighted by atomic mass is 16.5. The Hall–Kier alpha value is -1.10. The first-order valence-electron chi connectivity index (χ1n) is 4.83. The van der Waals surface area contributed by atoms with Gasteiger partial charge in [-0.05, 0) is 12.5 Å². The Labute approximate surface area is 90.2 Å². The molecule has 4 heteroatoms. The minimum atomic E-state index is -1.40. The fraction of sp³-hybridized carbons (Fsp3) is 0.273. The summed E-state index contributed by atoms with van der Waals surface area (Å²) in [5.41, 5.74) is 1.91. The summed E-state index contributed by atoms with van der Waals surface area (Å²) in [4.78, 5) is 0. The van der Waals surface area contributed by atoms with Crippen molar-refractivity contribution in [2.75, 3.05) is 6.61 Å². The summed E-state index contributed by atoms with van der Waals surface area (Å²) >= 11 is 0. The molecule has 0 aromatic heterocycles. The van der Waals surface area contributed by atoms with Crippen molar-refractivity contribution in [3.05, 3.63) is 47.4 Å². The molecule has 0 saturated heterocycles.